The molecule has 136 valence electrons. The van der Waals surface area contributed by atoms with Crippen molar-refractivity contribution in [2.75, 3.05) is 11.5 Å². The number of anilines is 2. The molecule has 0 radical (unpaired) electrons. The van der Waals surface area contributed by atoms with Crippen molar-refractivity contribution >= 4 is 34.3 Å². The molecular formula is C20H18ClN5O. The molecule has 0 fully saturated rings. The summed E-state index contributed by atoms with van der Waals surface area (Å²) in [5.41, 5.74) is 15.6. The van der Waals surface area contributed by atoms with Crippen LogP contribution in [0, 0.1) is 0 Å². The lowest BCUT2D eigenvalue weighted by Gasteiger charge is -2.08. The van der Waals surface area contributed by atoms with Crippen LogP contribution in [0.1, 0.15) is 5.56 Å². The van der Waals surface area contributed by atoms with Crippen molar-refractivity contribution in [3.05, 3.63) is 71.4 Å². The number of hydrogen-bond acceptors (Lipinski definition) is 5. The number of rotatable bonds is 5. The molecule has 4 aromatic rings. The van der Waals surface area contributed by atoms with Crippen molar-refractivity contribution in [1.82, 2.24) is 14.5 Å². The Balaban J connectivity index is 1.45. The predicted molar refractivity (Wildman–Crippen MR) is 108 cm³/mol. The normalized spacial score (nSPS) is 11.0. The maximum absolute atomic E-state index is 6.06. The van der Waals surface area contributed by atoms with E-state index < -0.39 is 0 Å². The van der Waals surface area contributed by atoms with Crippen molar-refractivity contribution in [3.8, 4) is 11.6 Å². The largest absolute Gasteiger partial charge is 0.439 e. The molecule has 0 spiro atoms. The molecule has 6 nitrogen and oxygen atoms in total. The van der Waals surface area contributed by atoms with Crippen LogP contribution in [0.2, 0.25) is 5.02 Å². The van der Waals surface area contributed by atoms with Crippen LogP contribution in [0.25, 0.3) is 11.0 Å². The van der Waals surface area contributed by atoms with Gasteiger partial charge < -0.3 is 20.8 Å². The number of pyridine rings is 1. The van der Waals surface area contributed by atoms with Crippen LogP contribution >= 0.6 is 11.6 Å². The molecule has 0 unspecified atom stereocenters. The Morgan fingerprint density at radius 3 is 2.56 bits per heavy atom. The molecule has 4 N–H and O–H groups in total. The number of hydrogen-bond donors (Lipinski definition) is 2. The van der Waals surface area contributed by atoms with Gasteiger partial charge in [0.2, 0.25) is 11.8 Å². The smallest absolute Gasteiger partial charge is 0.219 e. The first kappa shape index (κ1) is 17.2. The topological polar surface area (TPSA) is 92.0 Å². The Kier molecular flexibility index (Phi) is 4.56. The number of nitrogens with two attached hydrogens (primary N) is 2. The van der Waals surface area contributed by atoms with E-state index in [0.717, 1.165) is 23.0 Å². The second kappa shape index (κ2) is 7.17. The number of aryl methyl sites for hydroxylation is 2. The van der Waals surface area contributed by atoms with Gasteiger partial charge in [0.05, 0.1) is 16.1 Å². The molecule has 0 bridgehead atoms. The quantitative estimate of drug-likeness (QED) is 0.505. The fraction of sp³-hybridized carbons (Fsp3) is 0.100. The second-order valence-corrected chi connectivity index (χ2v) is 6.62. The highest BCUT2D eigenvalue weighted by Crippen LogP contribution is 2.23. The molecule has 0 atom stereocenters. The summed E-state index contributed by atoms with van der Waals surface area (Å²) in [7, 11) is 0. The van der Waals surface area contributed by atoms with E-state index in [2.05, 4.69) is 9.97 Å². The van der Waals surface area contributed by atoms with Crippen LogP contribution < -0.4 is 16.2 Å². The number of fused-ring (bicyclic) bond motifs is 1. The molecule has 27 heavy (non-hydrogen) atoms. The monoisotopic (exact) mass is 379 g/mol. The number of nitrogens with zero attached hydrogens (tertiary/aromatic N) is 3. The molecule has 0 aliphatic rings. The summed E-state index contributed by atoms with van der Waals surface area (Å²) in [6.45, 7) is 0.713. The number of ether oxygens (including phenoxy) is 1. The van der Waals surface area contributed by atoms with Crippen LogP contribution in [0.3, 0.4) is 0 Å². The zero-order chi connectivity index (χ0) is 18.8. The number of imidazole rings is 1. The Morgan fingerprint density at radius 2 is 1.81 bits per heavy atom. The molecule has 0 aliphatic carbocycles. The Hall–Kier alpha value is -3.25. The van der Waals surface area contributed by atoms with E-state index >= 15 is 0 Å². The minimum atomic E-state index is 0.490. The Labute approximate surface area is 161 Å². The maximum Gasteiger partial charge on any atom is 0.219 e. The van der Waals surface area contributed by atoms with Gasteiger partial charge in [-0.2, -0.15) is 0 Å². The van der Waals surface area contributed by atoms with Gasteiger partial charge in [0.1, 0.15) is 5.75 Å². The summed E-state index contributed by atoms with van der Waals surface area (Å²) in [4.78, 5) is 8.51. The lowest BCUT2D eigenvalue weighted by atomic mass is 10.1. The predicted octanol–water partition coefficient (Wildman–Crippen LogP) is 4.28. The minimum Gasteiger partial charge on any atom is -0.439 e. The number of benzene rings is 2. The average Bonchev–Trinajstić information content (AvgIpc) is 2.97. The van der Waals surface area contributed by atoms with Crippen LogP contribution in [0.15, 0.2) is 60.8 Å². The van der Waals surface area contributed by atoms with Crippen molar-refractivity contribution in [2.24, 2.45) is 0 Å². The summed E-state index contributed by atoms with van der Waals surface area (Å²) in [5, 5.41) is 0.575. The van der Waals surface area contributed by atoms with Gasteiger partial charge in [-0.25, -0.2) is 9.97 Å². The molecule has 2 aromatic heterocycles. The van der Waals surface area contributed by atoms with Crippen LogP contribution in [0.4, 0.5) is 11.6 Å². The highest BCUT2D eigenvalue weighted by molar-refractivity contribution is 6.30. The van der Waals surface area contributed by atoms with Gasteiger partial charge in [-0.3, -0.25) is 0 Å². The summed E-state index contributed by atoms with van der Waals surface area (Å²) in [5.74, 6) is 1.71. The summed E-state index contributed by atoms with van der Waals surface area (Å²) < 4.78 is 7.69. The lowest BCUT2D eigenvalue weighted by molar-refractivity contribution is 0.463. The molecule has 0 saturated heterocycles. The van der Waals surface area contributed by atoms with Gasteiger partial charge >= 0.3 is 0 Å². The number of halogens is 1. The van der Waals surface area contributed by atoms with E-state index in [1.54, 1.807) is 18.3 Å². The van der Waals surface area contributed by atoms with Gasteiger partial charge in [0, 0.05) is 24.5 Å². The van der Waals surface area contributed by atoms with Gasteiger partial charge in [-0.05, 0) is 48.4 Å². The summed E-state index contributed by atoms with van der Waals surface area (Å²) in [6.07, 6.45) is 2.36. The van der Waals surface area contributed by atoms with E-state index in [1.165, 1.54) is 0 Å². The third-order valence-corrected chi connectivity index (χ3v) is 4.50. The number of nitrogen functional groups attached to an aromatic ring is 2. The van der Waals surface area contributed by atoms with Crippen molar-refractivity contribution in [3.63, 3.8) is 0 Å². The minimum absolute atomic E-state index is 0.490. The zero-order valence-corrected chi connectivity index (χ0v) is 15.2. The van der Waals surface area contributed by atoms with E-state index in [0.29, 0.717) is 34.8 Å². The standard InChI is InChI=1S/C20H18ClN5O/c21-14-3-8-19(24-12-14)27-16-5-1-13(2-6-16)9-10-26-18-11-15(22)4-7-17(18)25-20(26)23/h1-8,11-12H,9-10,22H2,(H2,23,25). The highest BCUT2D eigenvalue weighted by atomic mass is 35.5. The molecule has 0 saturated carbocycles. The molecule has 2 aromatic carbocycles. The van der Waals surface area contributed by atoms with Gasteiger partial charge in [-0.1, -0.05) is 23.7 Å². The van der Waals surface area contributed by atoms with Gasteiger partial charge in [-0.15, -0.1) is 0 Å². The van der Waals surface area contributed by atoms with Gasteiger partial charge in [0.25, 0.3) is 0 Å². The van der Waals surface area contributed by atoms with E-state index in [4.69, 9.17) is 27.8 Å². The third kappa shape index (κ3) is 3.80. The van der Waals surface area contributed by atoms with Crippen molar-refractivity contribution < 1.29 is 4.74 Å². The first-order valence-electron chi connectivity index (χ1n) is 8.48. The molecule has 0 aliphatic heterocycles. The molecule has 7 heteroatoms. The maximum atomic E-state index is 6.06. The summed E-state index contributed by atoms with van der Waals surface area (Å²) in [6, 6.07) is 17.0. The van der Waals surface area contributed by atoms with Gasteiger partial charge in [0.15, 0.2) is 0 Å². The fourth-order valence-electron chi connectivity index (χ4n) is 2.90. The first-order chi connectivity index (χ1) is 13.1. The van der Waals surface area contributed by atoms with Crippen molar-refractivity contribution in [1.29, 1.82) is 0 Å². The van der Waals surface area contributed by atoms with E-state index in [-0.39, 0.29) is 0 Å². The van der Waals surface area contributed by atoms with E-state index in [1.807, 2.05) is 47.0 Å². The van der Waals surface area contributed by atoms with E-state index in [9.17, 15) is 0 Å². The Morgan fingerprint density at radius 1 is 1.00 bits per heavy atom. The Bertz CT molecular complexity index is 1070. The average molecular weight is 380 g/mol. The fourth-order valence-corrected chi connectivity index (χ4v) is 3.01. The first-order valence-corrected chi connectivity index (χ1v) is 8.86. The van der Waals surface area contributed by atoms with Crippen LogP contribution in [-0.2, 0) is 13.0 Å². The highest BCUT2D eigenvalue weighted by Gasteiger charge is 2.08. The van der Waals surface area contributed by atoms with Crippen LogP contribution in [0.5, 0.6) is 11.6 Å². The molecule has 0 amide bonds. The number of aromatic nitrogens is 3. The SMILES string of the molecule is Nc1ccc2nc(N)n(CCc3ccc(Oc4ccc(Cl)cn4)cc3)c2c1. The second-order valence-electron chi connectivity index (χ2n) is 6.18. The molecule has 2 heterocycles. The molecular weight excluding hydrogens is 362 g/mol. The van der Waals surface area contributed by atoms with Crippen molar-refractivity contribution in [2.45, 2.75) is 13.0 Å². The summed E-state index contributed by atoms with van der Waals surface area (Å²) >= 11 is 5.83. The zero-order valence-electron chi connectivity index (χ0n) is 14.5. The van der Waals surface area contributed by atoms with Crippen LogP contribution in [-0.4, -0.2) is 14.5 Å². The third-order valence-electron chi connectivity index (χ3n) is 4.27. The molecule has 4 rings (SSSR count). The lowest BCUT2D eigenvalue weighted by Crippen LogP contribution is -2.05.